The van der Waals surface area contributed by atoms with Crippen LogP contribution in [0.1, 0.15) is 46.5 Å². The molecule has 0 saturated carbocycles. The Hall–Kier alpha value is -1.59. The molecule has 0 aromatic heterocycles. The minimum Gasteiger partial charge on any atom is -0.354 e. The number of nitrogens with one attached hydrogen (secondary N) is 2. The molecule has 1 saturated heterocycles. The molecule has 1 aliphatic heterocycles. The molecular formula is C15H27N3O3. The van der Waals surface area contributed by atoms with Gasteiger partial charge in [0.15, 0.2) is 0 Å². The summed E-state index contributed by atoms with van der Waals surface area (Å²) in [6, 6.07) is 0.133. The SMILES string of the molecule is CCCCC(=O)NCCNC(=O)C1CC(=O)N(C(C)C)C1. The Morgan fingerprint density at radius 1 is 1.29 bits per heavy atom. The van der Waals surface area contributed by atoms with Crippen LogP contribution in [0.25, 0.3) is 0 Å². The zero-order chi connectivity index (χ0) is 15.8. The van der Waals surface area contributed by atoms with E-state index in [1.165, 1.54) is 0 Å². The summed E-state index contributed by atoms with van der Waals surface area (Å²) in [6.45, 7) is 7.27. The molecular weight excluding hydrogens is 270 g/mol. The van der Waals surface area contributed by atoms with Crippen molar-refractivity contribution in [3.05, 3.63) is 0 Å². The smallest absolute Gasteiger partial charge is 0.225 e. The van der Waals surface area contributed by atoms with Crippen LogP contribution in [0.3, 0.4) is 0 Å². The van der Waals surface area contributed by atoms with Gasteiger partial charge in [0.1, 0.15) is 0 Å². The molecule has 1 aliphatic rings. The van der Waals surface area contributed by atoms with Gasteiger partial charge in [0.25, 0.3) is 0 Å². The fourth-order valence-electron chi connectivity index (χ4n) is 2.36. The van der Waals surface area contributed by atoms with Crippen molar-refractivity contribution in [2.24, 2.45) is 5.92 Å². The Labute approximate surface area is 126 Å². The lowest BCUT2D eigenvalue weighted by Crippen LogP contribution is -2.39. The van der Waals surface area contributed by atoms with E-state index in [9.17, 15) is 14.4 Å². The molecule has 1 heterocycles. The summed E-state index contributed by atoms with van der Waals surface area (Å²) in [7, 11) is 0. The Morgan fingerprint density at radius 2 is 1.95 bits per heavy atom. The second kappa shape index (κ2) is 8.64. The Morgan fingerprint density at radius 3 is 2.52 bits per heavy atom. The first-order valence-electron chi connectivity index (χ1n) is 7.79. The van der Waals surface area contributed by atoms with Crippen molar-refractivity contribution in [3.8, 4) is 0 Å². The highest BCUT2D eigenvalue weighted by Crippen LogP contribution is 2.19. The molecule has 2 N–H and O–H groups in total. The van der Waals surface area contributed by atoms with Gasteiger partial charge in [0.2, 0.25) is 17.7 Å². The van der Waals surface area contributed by atoms with E-state index in [4.69, 9.17) is 0 Å². The largest absolute Gasteiger partial charge is 0.354 e. The highest BCUT2D eigenvalue weighted by molar-refractivity contribution is 5.89. The fourth-order valence-corrected chi connectivity index (χ4v) is 2.36. The predicted molar refractivity (Wildman–Crippen MR) is 80.5 cm³/mol. The van der Waals surface area contributed by atoms with E-state index in [-0.39, 0.29) is 36.1 Å². The van der Waals surface area contributed by atoms with Crippen LogP contribution in [0.5, 0.6) is 0 Å². The molecule has 0 aromatic rings. The first-order chi connectivity index (χ1) is 9.95. The van der Waals surface area contributed by atoms with Crippen LogP contribution >= 0.6 is 0 Å². The lowest BCUT2D eigenvalue weighted by Gasteiger charge is -2.20. The molecule has 1 unspecified atom stereocenters. The van der Waals surface area contributed by atoms with Crippen molar-refractivity contribution in [3.63, 3.8) is 0 Å². The van der Waals surface area contributed by atoms with Crippen LogP contribution in [0, 0.1) is 5.92 Å². The quantitative estimate of drug-likeness (QED) is 0.646. The molecule has 0 bridgehead atoms. The number of hydrogen-bond acceptors (Lipinski definition) is 3. The number of hydrogen-bond donors (Lipinski definition) is 2. The maximum atomic E-state index is 12.0. The highest BCUT2D eigenvalue weighted by atomic mass is 16.2. The molecule has 0 aliphatic carbocycles. The van der Waals surface area contributed by atoms with Crippen LogP contribution in [0.4, 0.5) is 0 Å². The van der Waals surface area contributed by atoms with E-state index < -0.39 is 0 Å². The molecule has 120 valence electrons. The van der Waals surface area contributed by atoms with E-state index >= 15 is 0 Å². The molecule has 3 amide bonds. The first kappa shape index (κ1) is 17.5. The second-order valence-electron chi connectivity index (χ2n) is 5.79. The van der Waals surface area contributed by atoms with E-state index in [0.29, 0.717) is 26.1 Å². The van der Waals surface area contributed by atoms with Crippen LogP contribution < -0.4 is 10.6 Å². The van der Waals surface area contributed by atoms with Crippen LogP contribution in [0.2, 0.25) is 0 Å². The van der Waals surface area contributed by atoms with Crippen molar-refractivity contribution in [2.75, 3.05) is 19.6 Å². The van der Waals surface area contributed by atoms with Gasteiger partial charge in [-0.2, -0.15) is 0 Å². The Kier molecular flexibility index (Phi) is 7.19. The van der Waals surface area contributed by atoms with Crippen molar-refractivity contribution in [1.29, 1.82) is 0 Å². The summed E-state index contributed by atoms with van der Waals surface area (Å²) in [6.07, 6.45) is 2.69. The molecule has 21 heavy (non-hydrogen) atoms. The van der Waals surface area contributed by atoms with Gasteiger partial charge >= 0.3 is 0 Å². The maximum absolute atomic E-state index is 12.0. The van der Waals surface area contributed by atoms with Crippen molar-refractivity contribution in [1.82, 2.24) is 15.5 Å². The third-order valence-corrected chi connectivity index (χ3v) is 3.66. The third kappa shape index (κ3) is 5.73. The minimum absolute atomic E-state index is 0.0214. The number of amides is 3. The van der Waals surface area contributed by atoms with Gasteiger partial charge in [0, 0.05) is 38.5 Å². The van der Waals surface area contributed by atoms with Gasteiger partial charge < -0.3 is 15.5 Å². The number of carbonyl (C=O) groups excluding carboxylic acids is 3. The molecule has 1 atom stereocenters. The molecule has 1 rings (SSSR count). The normalized spacial score (nSPS) is 18.2. The first-order valence-corrected chi connectivity index (χ1v) is 7.79. The Balaban J connectivity index is 2.20. The van der Waals surface area contributed by atoms with E-state index in [1.54, 1.807) is 4.90 Å². The standard InChI is InChI=1S/C15H27N3O3/c1-4-5-6-13(19)16-7-8-17-15(21)12-9-14(20)18(10-12)11(2)3/h11-12H,4-10H2,1-3H3,(H,16,19)(H,17,21). The maximum Gasteiger partial charge on any atom is 0.225 e. The molecule has 6 nitrogen and oxygen atoms in total. The summed E-state index contributed by atoms with van der Waals surface area (Å²) in [5, 5.41) is 5.55. The predicted octanol–water partition coefficient (Wildman–Crippen LogP) is 0.666. The number of rotatable bonds is 8. The molecule has 6 heteroatoms. The van der Waals surface area contributed by atoms with Crippen molar-refractivity contribution >= 4 is 17.7 Å². The van der Waals surface area contributed by atoms with E-state index in [2.05, 4.69) is 10.6 Å². The van der Waals surface area contributed by atoms with E-state index in [1.807, 2.05) is 20.8 Å². The topological polar surface area (TPSA) is 78.5 Å². The van der Waals surface area contributed by atoms with Crippen LogP contribution in [0.15, 0.2) is 0 Å². The number of nitrogens with zero attached hydrogens (tertiary/aromatic N) is 1. The van der Waals surface area contributed by atoms with Crippen LogP contribution in [-0.2, 0) is 14.4 Å². The van der Waals surface area contributed by atoms with Gasteiger partial charge in [-0.05, 0) is 20.3 Å². The monoisotopic (exact) mass is 297 g/mol. The number of likely N-dealkylation sites (tertiary alicyclic amines) is 1. The van der Waals surface area contributed by atoms with Gasteiger partial charge in [-0.15, -0.1) is 0 Å². The third-order valence-electron chi connectivity index (χ3n) is 3.66. The average molecular weight is 297 g/mol. The van der Waals surface area contributed by atoms with Gasteiger partial charge in [-0.3, -0.25) is 14.4 Å². The zero-order valence-electron chi connectivity index (χ0n) is 13.3. The van der Waals surface area contributed by atoms with Gasteiger partial charge in [-0.1, -0.05) is 13.3 Å². The Bertz CT molecular complexity index is 382. The summed E-state index contributed by atoms with van der Waals surface area (Å²) in [5.74, 6) is -0.309. The van der Waals surface area contributed by atoms with Gasteiger partial charge in [0.05, 0.1) is 5.92 Å². The zero-order valence-corrected chi connectivity index (χ0v) is 13.3. The summed E-state index contributed by atoms with van der Waals surface area (Å²) < 4.78 is 0. The lowest BCUT2D eigenvalue weighted by atomic mass is 10.1. The molecule has 1 fully saturated rings. The minimum atomic E-state index is -0.268. The fraction of sp³-hybridized carbons (Fsp3) is 0.800. The second-order valence-corrected chi connectivity index (χ2v) is 5.79. The number of unbranched alkanes of at least 4 members (excludes halogenated alkanes) is 1. The van der Waals surface area contributed by atoms with Crippen molar-refractivity contribution < 1.29 is 14.4 Å². The van der Waals surface area contributed by atoms with Gasteiger partial charge in [-0.25, -0.2) is 0 Å². The highest BCUT2D eigenvalue weighted by Gasteiger charge is 2.35. The van der Waals surface area contributed by atoms with E-state index in [0.717, 1.165) is 12.8 Å². The van der Waals surface area contributed by atoms with Crippen LogP contribution in [-0.4, -0.2) is 48.3 Å². The molecule has 0 radical (unpaired) electrons. The summed E-state index contributed by atoms with van der Waals surface area (Å²) >= 11 is 0. The van der Waals surface area contributed by atoms with Crippen molar-refractivity contribution in [2.45, 2.75) is 52.5 Å². The summed E-state index contributed by atoms with van der Waals surface area (Å²) in [5.41, 5.74) is 0. The number of carbonyl (C=O) groups is 3. The molecule has 0 aromatic carbocycles. The average Bonchev–Trinajstić information content (AvgIpc) is 2.83. The molecule has 0 spiro atoms. The lowest BCUT2D eigenvalue weighted by molar-refractivity contribution is -0.129. The summed E-state index contributed by atoms with van der Waals surface area (Å²) in [4.78, 5) is 36.8.